The number of hydrazone groups is 1. The standard InChI is InChI=1S/C15H20N2O2/c1-11-6-5-9-14(12(11)2)19-10-15(18)17-16-13-7-3-4-8-13/h5-6,9H,3-4,7-8,10H2,1-2H3,(H,17,18). The minimum absolute atomic E-state index is 0.00106. The van der Waals surface area contributed by atoms with E-state index in [0.717, 1.165) is 35.4 Å². The van der Waals surface area contributed by atoms with Crippen LogP contribution in [0.2, 0.25) is 0 Å². The van der Waals surface area contributed by atoms with Crippen molar-refractivity contribution in [1.29, 1.82) is 0 Å². The second-order valence-corrected chi connectivity index (χ2v) is 4.91. The Morgan fingerprint density at radius 1 is 1.32 bits per heavy atom. The van der Waals surface area contributed by atoms with E-state index in [0.29, 0.717) is 0 Å². The highest BCUT2D eigenvalue weighted by molar-refractivity contribution is 5.87. The summed E-state index contributed by atoms with van der Waals surface area (Å²) in [4.78, 5) is 11.6. The molecule has 0 atom stereocenters. The van der Waals surface area contributed by atoms with Crippen LogP contribution in [0.25, 0.3) is 0 Å². The molecule has 0 saturated heterocycles. The minimum atomic E-state index is -0.208. The van der Waals surface area contributed by atoms with Gasteiger partial charge in [0.15, 0.2) is 6.61 Å². The fraction of sp³-hybridized carbons (Fsp3) is 0.467. The molecule has 2 rings (SSSR count). The summed E-state index contributed by atoms with van der Waals surface area (Å²) in [6.07, 6.45) is 4.34. The van der Waals surface area contributed by atoms with Crippen LogP contribution in [-0.4, -0.2) is 18.2 Å². The maximum atomic E-state index is 11.6. The van der Waals surface area contributed by atoms with Gasteiger partial charge in [0.1, 0.15) is 5.75 Å². The minimum Gasteiger partial charge on any atom is -0.483 e. The summed E-state index contributed by atoms with van der Waals surface area (Å²) in [6, 6.07) is 5.82. The van der Waals surface area contributed by atoms with E-state index in [4.69, 9.17) is 4.74 Å². The second kappa shape index (κ2) is 6.36. The Bertz CT molecular complexity index is 487. The Hall–Kier alpha value is -1.84. The molecule has 0 spiro atoms. The lowest BCUT2D eigenvalue weighted by Crippen LogP contribution is -2.25. The van der Waals surface area contributed by atoms with Crippen LogP contribution in [0.15, 0.2) is 23.3 Å². The van der Waals surface area contributed by atoms with Crippen molar-refractivity contribution in [1.82, 2.24) is 5.43 Å². The first-order valence-electron chi connectivity index (χ1n) is 6.70. The molecule has 102 valence electrons. The van der Waals surface area contributed by atoms with E-state index in [2.05, 4.69) is 10.5 Å². The molecule has 4 heteroatoms. The summed E-state index contributed by atoms with van der Waals surface area (Å²) in [5, 5.41) is 4.11. The largest absolute Gasteiger partial charge is 0.483 e. The molecule has 0 aliphatic heterocycles. The number of nitrogens with one attached hydrogen (secondary N) is 1. The first-order chi connectivity index (χ1) is 9.16. The Morgan fingerprint density at radius 2 is 2.05 bits per heavy atom. The van der Waals surface area contributed by atoms with E-state index in [9.17, 15) is 4.79 Å². The molecule has 1 aromatic carbocycles. The van der Waals surface area contributed by atoms with Gasteiger partial charge in [0.2, 0.25) is 0 Å². The van der Waals surface area contributed by atoms with Gasteiger partial charge in [-0.15, -0.1) is 0 Å². The number of aryl methyl sites for hydroxylation is 1. The van der Waals surface area contributed by atoms with Crippen LogP contribution in [0, 0.1) is 13.8 Å². The molecular weight excluding hydrogens is 240 g/mol. The molecule has 0 bridgehead atoms. The summed E-state index contributed by atoms with van der Waals surface area (Å²) in [6.45, 7) is 4.01. The quantitative estimate of drug-likeness (QED) is 0.846. The number of benzene rings is 1. The highest BCUT2D eigenvalue weighted by Crippen LogP contribution is 2.20. The number of ether oxygens (including phenoxy) is 1. The van der Waals surface area contributed by atoms with E-state index in [1.165, 1.54) is 12.8 Å². The molecule has 1 aliphatic rings. The average molecular weight is 260 g/mol. The fourth-order valence-electron chi connectivity index (χ4n) is 2.09. The third-order valence-corrected chi connectivity index (χ3v) is 3.43. The van der Waals surface area contributed by atoms with Gasteiger partial charge in [0.05, 0.1) is 0 Å². The highest BCUT2D eigenvalue weighted by Gasteiger charge is 2.09. The van der Waals surface area contributed by atoms with Crippen LogP contribution in [0.1, 0.15) is 36.8 Å². The molecule has 1 N–H and O–H groups in total. The number of hydrogen-bond acceptors (Lipinski definition) is 3. The lowest BCUT2D eigenvalue weighted by Gasteiger charge is -2.09. The summed E-state index contributed by atoms with van der Waals surface area (Å²) >= 11 is 0. The van der Waals surface area contributed by atoms with Crippen LogP contribution in [-0.2, 0) is 4.79 Å². The molecule has 1 aliphatic carbocycles. The van der Waals surface area contributed by atoms with E-state index < -0.39 is 0 Å². The molecule has 0 aromatic heterocycles. The van der Waals surface area contributed by atoms with Crippen LogP contribution in [0.4, 0.5) is 0 Å². The lowest BCUT2D eigenvalue weighted by atomic mass is 10.1. The molecule has 0 radical (unpaired) electrons. The molecule has 1 aromatic rings. The number of nitrogens with zero attached hydrogens (tertiary/aromatic N) is 1. The molecule has 1 fully saturated rings. The summed E-state index contributed by atoms with van der Waals surface area (Å²) in [7, 11) is 0. The maximum Gasteiger partial charge on any atom is 0.277 e. The van der Waals surface area contributed by atoms with Gasteiger partial charge in [-0.1, -0.05) is 12.1 Å². The first-order valence-corrected chi connectivity index (χ1v) is 6.70. The van der Waals surface area contributed by atoms with Crippen molar-refractivity contribution in [3.05, 3.63) is 29.3 Å². The molecular formula is C15H20N2O2. The Morgan fingerprint density at radius 3 is 2.79 bits per heavy atom. The van der Waals surface area contributed by atoms with Crippen LogP contribution in [0.5, 0.6) is 5.75 Å². The molecule has 0 heterocycles. The predicted octanol–water partition coefficient (Wildman–Crippen LogP) is 2.73. The van der Waals surface area contributed by atoms with Crippen LogP contribution in [0.3, 0.4) is 0 Å². The zero-order valence-electron chi connectivity index (χ0n) is 11.5. The number of amides is 1. The Balaban J connectivity index is 1.83. The van der Waals surface area contributed by atoms with Gasteiger partial charge < -0.3 is 4.74 Å². The zero-order chi connectivity index (χ0) is 13.7. The molecule has 4 nitrogen and oxygen atoms in total. The van der Waals surface area contributed by atoms with Crippen molar-refractivity contribution in [3.63, 3.8) is 0 Å². The third kappa shape index (κ3) is 3.81. The molecule has 1 amide bonds. The van der Waals surface area contributed by atoms with Crippen molar-refractivity contribution < 1.29 is 9.53 Å². The zero-order valence-corrected chi connectivity index (χ0v) is 11.5. The maximum absolute atomic E-state index is 11.6. The van der Waals surface area contributed by atoms with E-state index >= 15 is 0 Å². The fourth-order valence-corrected chi connectivity index (χ4v) is 2.09. The van der Waals surface area contributed by atoms with Gasteiger partial charge >= 0.3 is 0 Å². The number of hydrogen-bond donors (Lipinski definition) is 1. The van der Waals surface area contributed by atoms with E-state index in [-0.39, 0.29) is 12.5 Å². The van der Waals surface area contributed by atoms with Gasteiger partial charge in [-0.2, -0.15) is 5.10 Å². The second-order valence-electron chi connectivity index (χ2n) is 4.91. The van der Waals surface area contributed by atoms with Crippen LogP contribution < -0.4 is 10.2 Å². The lowest BCUT2D eigenvalue weighted by molar-refractivity contribution is -0.123. The SMILES string of the molecule is Cc1cccc(OCC(=O)NN=C2CCCC2)c1C. The topological polar surface area (TPSA) is 50.7 Å². The number of carbonyl (C=O) groups excluding carboxylic acids is 1. The third-order valence-electron chi connectivity index (χ3n) is 3.43. The summed E-state index contributed by atoms with van der Waals surface area (Å²) < 4.78 is 5.51. The molecule has 0 unspecified atom stereocenters. The normalized spacial score (nSPS) is 14.3. The van der Waals surface area contributed by atoms with E-state index in [1.807, 2.05) is 32.0 Å². The van der Waals surface area contributed by atoms with E-state index in [1.54, 1.807) is 0 Å². The first kappa shape index (κ1) is 13.6. The smallest absolute Gasteiger partial charge is 0.277 e. The van der Waals surface area contributed by atoms with Gasteiger partial charge in [0.25, 0.3) is 5.91 Å². The van der Waals surface area contributed by atoms with Crippen molar-refractivity contribution in [2.75, 3.05) is 6.61 Å². The Labute approximate surface area is 113 Å². The van der Waals surface area contributed by atoms with Crippen molar-refractivity contribution >= 4 is 11.6 Å². The predicted molar refractivity (Wildman–Crippen MR) is 75.5 cm³/mol. The van der Waals surface area contributed by atoms with Crippen molar-refractivity contribution in [2.24, 2.45) is 5.10 Å². The summed E-state index contributed by atoms with van der Waals surface area (Å²) in [5.74, 6) is 0.545. The highest BCUT2D eigenvalue weighted by atomic mass is 16.5. The van der Waals surface area contributed by atoms with Crippen molar-refractivity contribution in [2.45, 2.75) is 39.5 Å². The van der Waals surface area contributed by atoms with Gasteiger partial charge in [-0.3, -0.25) is 4.79 Å². The van der Waals surface area contributed by atoms with Gasteiger partial charge in [0, 0.05) is 5.71 Å². The summed E-state index contributed by atoms with van der Waals surface area (Å²) in [5.41, 5.74) is 5.86. The Kier molecular flexibility index (Phi) is 4.55. The molecule has 19 heavy (non-hydrogen) atoms. The monoisotopic (exact) mass is 260 g/mol. The van der Waals surface area contributed by atoms with Gasteiger partial charge in [-0.25, -0.2) is 5.43 Å². The molecule has 1 saturated carbocycles. The van der Waals surface area contributed by atoms with Crippen LogP contribution >= 0.6 is 0 Å². The number of rotatable bonds is 4. The average Bonchev–Trinajstić information content (AvgIpc) is 2.91. The van der Waals surface area contributed by atoms with Gasteiger partial charge in [-0.05, 0) is 56.7 Å². The van der Waals surface area contributed by atoms with Crippen molar-refractivity contribution in [3.8, 4) is 5.75 Å². The number of carbonyl (C=O) groups is 1.